The molecule has 1 saturated carbocycles. The zero-order valence-electron chi connectivity index (χ0n) is 10.0. The van der Waals surface area contributed by atoms with Crippen LogP contribution in [0, 0.1) is 0 Å². The molecule has 2 aromatic rings. The van der Waals surface area contributed by atoms with Crippen LogP contribution >= 0.6 is 0 Å². The van der Waals surface area contributed by atoms with E-state index in [0.717, 1.165) is 23.8 Å². The molecule has 0 bridgehead atoms. The normalized spacial score (nSPS) is 14.9. The molecule has 3 rings (SSSR count). The van der Waals surface area contributed by atoms with Gasteiger partial charge in [-0.05, 0) is 18.9 Å². The molecule has 0 aliphatic heterocycles. The Hall–Kier alpha value is -1.81. The van der Waals surface area contributed by atoms with E-state index in [4.69, 9.17) is 9.52 Å². The van der Waals surface area contributed by atoms with Gasteiger partial charge in [0.25, 0.3) is 5.91 Å². The molecule has 1 fully saturated rings. The molecule has 0 radical (unpaired) electrons. The highest BCUT2D eigenvalue weighted by Gasteiger charge is 2.33. The number of rotatable bonds is 4. The number of benzene rings is 1. The van der Waals surface area contributed by atoms with Crippen molar-refractivity contribution < 1.29 is 14.3 Å². The van der Waals surface area contributed by atoms with Crippen molar-refractivity contribution in [2.45, 2.75) is 18.9 Å². The third kappa shape index (κ3) is 1.88. The van der Waals surface area contributed by atoms with E-state index in [1.165, 1.54) is 6.26 Å². The lowest BCUT2D eigenvalue weighted by atomic mass is 10.1. The van der Waals surface area contributed by atoms with Gasteiger partial charge in [-0.25, -0.2) is 0 Å². The van der Waals surface area contributed by atoms with Gasteiger partial charge < -0.3 is 14.4 Å². The number of para-hydroxylation sites is 1. The fraction of sp³-hybridized carbons (Fsp3) is 0.357. The van der Waals surface area contributed by atoms with E-state index in [1.807, 2.05) is 24.3 Å². The summed E-state index contributed by atoms with van der Waals surface area (Å²) >= 11 is 0. The predicted molar refractivity (Wildman–Crippen MR) is 67.4 cm³/mol. The minimum Gasteiger partial charge on any atom is -0.463 e. The Morgan fingerprint density at radius 1 is 1.39 bits per heavy atom. The maximum Gasteiger partial charge on any atom is 0.258 e. The highest BCUT2D eigenvalue weighted by Crippen LogP contribution is 2.30. The van der Waals surface area contributed by atoms with Gasteiger partial charge >= 0.3 is 0 Å². The van der Waals surface area contributed by atoms with E-state index in [9.17, 15) is 4.79 Å². The first kappa shape index (κ1) is 11.3. The van der Waals surface area contributed by atoms with E-state index < -0.39 is 0 Å². The van der Waals surface area contributed by atoms with E-state index in [0.29, 0.717) is 18.2 Å². The number of aliphatic hydroxyl groups excluding tert-OH is 1. The Morgan fingerprint density at radius 2 is 2.17 bits per heavy atom. The molecule has 1 N–H and O–H groups in total. The summed E-state index contributed by atoms with van der Waals surface area (Å²) in [6, 6.07) is 7.79. The van der Waals surface area contributed by atoms with Crippen LogP contribution in [0.3, 0.4) is 0 Å². The molecule has 18 heavy (non-hydrogen) atoms. The molecule has 4 heteroatoms. The van der Waals surface area contributed by atoms with E-state index in [2.05, 4.69) is 0 Å². The Bertz CT molecular complexity index is 571. The third-order valence-corrected chi connectivity index (χ3v) is 3.30. The number of carbonyl (C=O) groups is 1. The molecular formula is C14H15NO3. The quantitative estimate of drug-likeness (QED) is 0.896. The Morgan fingerprint density at radius 3 is 2.89 bits per heavy atom. The second kappa shape index (κ2) is 4.46. The largest absolute Gasteiger partial charge is 0.463 e. The van der Waals surface area contributed by atoms with Crippen molar-refractivity contribution >= 4 is 16.9 Å². The molecule has 1 heterocycles. The number of nitrogens with zero attached hydrogens (tertiary/aromatic N) is 1. The summed E-state index contributed by atoms with van der Waals surface area (Å²) in [7, 11) is 0. The molecule has 0 unspecified atom stereocenters. The highest BCUT2D eigenvalue weighted by molar-refractivity contribution is 6.06. The minimum absolute atomic E-state index is 0.00196. The topological polar surface area (TPSA) is 53.7 Å². The summed E-state index contributed by atoms with van der Waals surface area (Å²) in [4.78, 5) is 14.2. The van der Waals surface area contributed by atoms with Crippen LogP contribution in [0.1, 0.15) is 23.2 Å². The summed E-state index contributed by atoms with van der Waals surface area (Å²) in [5, 5.41) is 9.89. The summed E-state index contributed by atoms with van der Waals surface area (Å²) in [5.41, 5.74) is 1.31. The van der Waals surface area contributed by atoms with Crippen molar-refractivity contribution in [1.29, 1.82) is 0 Å². The number of hydrogen-bond acceptors (Lipinski definition) is 3. The van der Waals surface area contributed by atoms with Gasteiger partial charge in [-0.15, -0.1) is 0 Å². The van der Waals surface area contributed by atoms with Gasteiger partial charge in [0.2, 0.25) is 0 Å². The number of furan rings is 1. The number of amides is 1. The van der Waals surface area contributed by atoms with Crippen LogP contribution in [0.5, 0.6) is 0 Å². The van der Waals surface area contributed by atoms with E-state index in [-0.39, 0.29) is 12.5 Å². The summed E-state index contributed by atoms with van der Waals surface area (Å²) in [5.74, 6) is -0.0449. The fourth-order valence-corrected chi connectivity index (χ4v) is 2.24. The van der Waals surface area contributed by atoms with Crippen molar-refractivity contribution in [2.75, 3.05) is 13.2 Å². The van der Waals surface area contributed by atoms with E-state index >= 15 is 0 Å². The maximum atomic E-state index is 12.4. The smallest absolute Gasteiger partial charge is 0.258 e. The lowest BCUT2D eigenvalue weighted by Gasteiger charge is -2.20. The van der Waals surface area contributed by atoms with Crippen molar-refractivity contribution in [3.05, 3.63) is 36.1 Å². The van der Waals surface area contributed by atoms with Crippen LogP contribution in [0.2, 0.25) is 0 Å². The average Bonchev–Trinajstić information content (AvgIpc) is 3.14. The van der Waals surface area contributed by atoms with Crippen LogP contribution in [-0.4, -0.2) is 35.1 Å². The van der Waals surface area contributed by atoms with Gasteiger partial charge in [0, 0.05) is 18.0 Å². The third-order valence-electron chi connectivity index (χ3n) is 3.30. The summed E-state index contributed by atoms with van der Waals surface area (Å²) in [6.07, 6.45) is 3.57. The van der Waals surface area contributed by atoms with Gasteiger partial charge in [0.05, 0.1) is 12.2 Å². The molecule has 1 aromatic heterocycles. The lowest BCUT2D eigenvalue weighted by Crippen LogP contribution is -2.35. The Labute approximate surface area is 105 Å². The second-order valence-electron chi connectivity index (χ2n) is 4.60. The molecule has 0 spiro atoms. The Balaban J connectivity index is 1.95. The summed E-state index contributed by atoms with van der Waals surface area (Å²) < 4.78 is 5.39. The minimum atomic E-state index is -0.0449. The van der Waals surface area contributed by atoms with Crippen molar-refractivity contribution in [3.63, 3.8) is 0 Å². The molecule has 1 aliphatic carbocycles. The van der Waals surface area contributed by atoms with Crippen LogP contribution in [0.4, 0.5) is 0 Å². The van der Waals surface area contributed by atoms with Crippen LogP contribution in [0.15, 0.2) is 34.9 Å². The van der Waals surface area contributed by atoms with Crippen LogP contribution < -0.4 is 0 Å². The number of carbonyl (C=O) groups excluding carboxylic acids is 1. The molecule has 94 valence electrons. The molecule has 4 nitrogen and oxygen atoms in total. The molecule has 0 saturated heterocycles. The SMILES string of the molecule is O=C(c1coc2ccccc12)N(CCO)C1CC1. The second-order valence-corrected chi connectivity index (χ2v) is 4.60. The molecular weight excluding hydrogens is 230 g/mol. The van der Waals surface area contributed by atoms with Gasteiger partial charge in [0.1, 0.15) is 11.8 Å². The zero-order chi connectivity index (χ0) is 12.5. The van der Waals surface area contributed by atoms with Gasteiger partial charge in [-0.3, -0.25) is 4.79 Å². The standard InChI is InChI=1S/C14H15NO3/c16-8-7-15(10-5-6-10)14(17)12-9-18-13-4-2-1-3-11(12)13/h1-4,9-10,16H,5-8H2. The van der Waals surface area contributed by atoms with Crippen molar-refractivity contribution in [3.8, 4) is 0 Å². The first-order chi connectivity index (χ1) is 8.81. The maximum absolute atomic E-state index is 12.4. The zero-order valence-corrected chi connectivity index (χ0v) is 10.0. The molecule has 0 atom stereocenters. The number of fused-ring (bicyclic) bond motifs is 1. The molecule has 1 aromatic carbocycles. The number of hydrogen-bond donors (Lipinski definition) is 1. The van der Waals surface area contributed by atoms with Gasteiger partial charge in [0.15, 0.2) is 0 Å². The van der Waals surface area contributed by atoms with Gasteiger partial charge in [-0.1, -0.05) is 18.2 Å². The first-order valence-electron chi connectivity index (χ1n) is 6.19. The van der Waals surface area contributed by atoms with E-state index in [1.54, 1.807) is 4.90 Å². The highest BCUT2D eigenvalue weighted by atomic mass is 16.3. The van der Waals surface area contributed by atoms with Crippen LogP contribution in [0.25, 0.3) is 11.0 Å². The molecule has 1 aliphatic rings. The molecule has 1 amide bonds. The lowest BCUT2D eigenvalue weighted by molar-refractivity contribution is 0.0708. The average molecular weight is 245 g/mol. The first-order valence-corrected chi connectivity index (χ1v) is 6.19. The summed E-state index contributed by atoms with van der Waals surface area (Å²) in [6.45, 7) is 0.390. The number of aliphatic hydroxyl groups is 1. The van der Waals surface area contributed by atoms with Gasteiger partial charge in [-0.2, -0.15) is 0 Å². The van der Waals surface area contributed by atoms with Crippen molar-refractivity contribution in [1.82, 2.24) is 4.90 Å². The Kier molecular flexibility index (Phi) is 2.80. The monoisotopic (exact) mass is 245 g/mol. The van der Waals surface area contributed by atoms with Crippen molar-refractivity contribution in [2.24, 2.45) is 0 Å². The predicted octanol–water partition coefficient (Wildman–Crippen LogP) is 2.03. The fourth-order valence-electron chi connectivity index (χ4n) is 2.24. The van der Waals surface area contributed by atoms with Crippen LogP contribution in [-0.2, 0) is 0 Å².